The van der Waals surface area contributed by atoms with E-state index in [2.05, 4.69) is 0 Å². The molecule has 0 heterocycles. The molecule has 0 saturated heterocycles. The fourth-order valence-corrected chi connectivity index (χ4v) is 5.27. The van der Waals surface area contributed by atoms with Crippen molar-refractivity contribution in [2.24, 2.45) is 5.92 Å². The smallest absolute Gasteiger partial charge is 0.184 e. The van der Waals surface area contributed by atoms with Crippen LogP contribution < -0.4 is 0 Å². The van der Waals surface area contributed by atoms with E-state index in [-0.39, 0.29) is 23.7 Å². The maximum Gasteiger partial charge on any atom is 0.184 e. The molecule has 1 aromatic rings. The van der Waals surface area contributed by atoms with Gasteiger partial charge >= 0.3 is 0 Å². The second kappa shape index (κ2) is 5.62. The number of hydrogen-bond donors (Lipinski definition) is 2. The predicted molar refractivity (Wildman–Crippen MR) is 86.4 cm³/mol. The van der Waals surface area contributed by atoms with Crippen LogP contribution in [0, 0.1) is 12.8 Å². The summed E-state index contributed by atoms with van der Waals surface area (Å²) >= 11 is 0. The summed E-state index contributed by atoms with van der Waals surface area (Å²) in [5.41, 5.74) is -1.40. The van der Waals surface area contributed by atoms with Gasteiger partial charge in [0.25, 0.3) is 0 Å². The van der Waals surface area contributed by atoms with E-state index in [0.29, 0.717) is 6.42 Å². The highest BCUT2D eigenvalue weighted by atomic mass is 32.2. The van der Waals surface area contributed by atoms with Crippen LogP contribution in [0.1, 0.15) is 45.6 Å². The molecule has 0 aliphatic heterocycles. The molecule has 0 unspecified atom stereocenters. The highest BCUT2D eigenvalue weighted by Crippen LogP contribution is 2.43. The van der Waals surface area contributed by atoms with Crippen molar-refractivity contribution in [3.05, 3.63) is 29.8 Å². The van der Waals surface area contributed by atoms with Crippen molar-refractivity contribution in [1.82, 2.24) is 0 Å². The predicted octanol–water partition coefficient (Wildman–Crippen LogP) is 2.46. The molecule has 4 nitrogen and oxygen atoms in total. The molecule has 0 spiro atoms. The Bertz CT molecular complexity index is 631. The fourth-order valence-electron chi connectivity index (χ4n) is 3.13. The molecule has 2 rings (SSSR count). The largest absolute Gasteiger partial charge is 0.390 e. The average Bonchev–Trinajstić information content (AvgIpc) is 2.42. The van der Waals surface area contributed by atoms with Gasteiger partial charge in [-0.3, -0.25) is 0 Å². The summed E-state index contributed by atoms with van der Waals surface area (Å²) < 4.78 is 25.9. The summed E-state index contributed by atoms with van der Waals surface area (Å²) in [7, 11) is -3.70. The summed E-state index contributed by atoms with van der Waals surface area (Å²) in [5.74, 6) is -0.0562. The third-order valence-electron chi connectivity index (χ3n) is 5.10. The second-order valence-corrected chi connectivity index (χ2v) is 9.30. The molecule has 5 heteroatoms. The minimum Gasteiger partial charge on any atom is -0.390 e. The summed E-state index contributed by atoms with van der Waals surface area (Å²) in [5, 5.41) is 20.3. The Labute approximate surface area is 133 Å². The molecular formula is C17H26O4S. The number of aryl methyl sites for hydroxylation is 1. The number of rotatable bonds is 3. The van der Waals surface area contributed by atoms with Crippen LogP contribution in [-0.2, 0) is 9.84 Å². The van der Waals surface area contributed by atoms with E-state index < -0.39 is 26.3 Å². The zero-order chi connectivity index (χ0) is 16.8. The first kappa shape index (κ1) is 17.4. The van der Waals surface area contributed by atoms with Gasteiger partial charge < -0.3 is 10.2 Å². The standard InChI is InChI=1S/C17H26O4S/c1-12(2)17(19)10-9-16(4,18)15(11-17)22(20,21)14-7-5-13(3)6-8-14/h5-8,12,15,18-19H,9-11H2,1-4H3/t15-,16-,17-/m1/s1. The topological polar surface area (TPSA) is 74.6 Å². The van der Waals surface area contributed by atoms with Crippen molar-refractivity contribution in [3.63, 3.8) is 0 Å². The third-order valence-corrected chi connectivity index (χ3v) is 7.45. The highest BCUT2D eigenvalue weighted by molar-refractivity contribution is 7.92. The Morgan fingerprint density at radius 1 is 1.14 bits per heavy atom. The van der Waals surface area contributed by atoms with Gasteiger partial charge in [-0.25, -0.2) is 8.42 Å². The van der Waals surface area contributed by atoms with Crippen LogP contribution in [0.5, 0.6) is 0 Å². The molecule has 0 amide bonds. The van der Waals surface area contributed by atoms with E-state index in [1.54, 1.807) is 31.2 Å². The molecule has 0 radical (unpaired) electrons. The molecule has 1 fully saturated rings. The Kier molecular flexibility index (Phi) is 4.46. The molecule has 22 heavy (non-hydrogen) atoms. The van der Waals surface area contributed by atoms with E-state index in [1.807, 2.05) is 20.8 Å². The summed E-state index contributed by atoms with van der Waals surface area (Å²) in [4.78, 5) is 0.205. The van der Waals surface area contributed by atoms with Crippen molar-refractivity contribution >= 4 is 9.84 Å². The Morgan fingerprint density at radius 3 is 2.18 bits per heavy atom. The lowest BCUT2D eigenvalue weighted by atomic mass is 9.71. The first-order chi connectivity index (χ1) is 9.99. The maximum atomic E-state index is 13.0. The normalized spacial score (nSPS) is 33.1. The minimum atomic E-state index is -3.70. The SMILES string of the molecule is Cc1ccc(S(=O)(=O)[C@@H]2C[C@@](O)(C(C)C)CC[C@@]2(C)O)cc1. The lowest BCUT2D eigenvalue weighted by Crippen LogP contribution is -2.56. The minimum absolute atomic E-state index is 0.0562. The van der Waals surface area contributed by atoms with E-state index in [9.17, 15) is 18.6 Å². The third kappa shape index (κ3) is 3.07. The summed E-state index contributed by atoms with van der Waals surface area (Å²) in [6, 6.07) is 6.64. The van der Waals surface area contributed by atoms with Crippen LogP contribution in [0.2, 0.25) is 0 Å². The van der Waals surface area contributed by atoms with Gasteiger partial charge in [-0.15, -0.1) is 0 Å². The zero-order valence-electron chi connectivity index (χ0n) is 13.7. The average molecular weight is 326 g/mol. The van der Waals surface area contributed by atoms with Crippen molar-refractivity contribution in [2.45, 2.75) is 68.3 Å². The summed E-state index contributed by atoms with van der Waals surface area (Å²) in [6.07, 6.45) is 0.753. The van der Waals surface area contributed by atoms with E-state index in [4.69, 9.17) is 0 Å². The van der Waals surface area contributed by atoms with Gasteiger partial charge in [0.05, 0.1) is 21.3 Å². The van der Waals surface area contributed by atoms with Crippen molar-refractivity contribution in [1.29, 1.82) is 0 Å². The van der Waals surface area contributed by atoms with E-state index in [1.165, 1.54) is 0 Å². The second-order valence-electron chi connectivity index (χ2n) is 7.17. The Morgan fingerprint density at radius 2 is 1.68 bits per heavy atom. The molecule has 1 aromatic carbocycles. The van der Waals surface area contributed by atoms with Gasteiger partial charge in [0.15, 0.2) is 9.84 Å². The quantitative estimate of drug-likeness (QED) is 0.895. The van der Waals surface area contributed by atoms with Gasteiger partial charge in [0, 0.05) is 0 Å². The number of sulfone groups is 1. The van der Waals surface area contributed by atoms with Crippen LogP contribution in [0.3, 0.4) is 0 Å². The number of benzene rings is 1. The number of aliphatic hydroxyl groups is 2. The zero-order valence-corrected chi connectivity index (χ0v) is 14.5. The molecule has 0 aromatic heterocycles. The van der Waals surface area contributed by atoms with Gasteiger partial charge in [0.2, 0.25) is 0 Å². The Hall–Kier alpha value is -0.910. The van der Waals surface area contributed by atoms with E-state index >= 15 is 0 Å². The molecule has 1 aliphatic rings. The van der Waals surface area contributed by atoms with Crippen molar-refractivity contribution in [3.8, 4) is 0 Å². The first-order valence-electron chi connectivity index (χ1n) is 7.74. The molecule has 1 aliphatic carbocycles. The molecule has 124 valence electrons. The van der Waals surface area contributed by atoms with Crippen LogP contribution in [0.4, 0.5) is 0 Å². The maximum absolute atomic E-state index is 13.0. The molecule has 3 atom stereocenters. The Balaban J connectivity index is 2.44. The van der Waals surface area contributed by atoms with Crippen molar-refractivity contribution < 1.29 is 18.6 Å². The monoisotopic (exact) mass is 326 g/mol. The van der Waals surface area contributed by atoms with Gasteiger partial charge in [-0.2, -0.15) is 0 Å². The number of hydrogen-bond acceptors (Lipinski definition) is 4. The van der Waals surface area contributed by atoms with Crippen LogP contribution in [0.15, 0.2) is 29.2 Å². The molecule has 2 N–H and O–H groups in total. The molecular weight excluding hydrogens is 300 g/mol. The van der Waals surface area contributed by atoms with Crippen LogP contribution in [0.25, 0.3) is 0 Å². The van der Waals surface area contributed by atoms with Crippen molar-refractivity contribution in [2.75, 3.05) is 0 Å². The van der Waals surface area contributed by atoms with Gasteiger partial charge in [-0.1, -0.05) is 31.5 Å². The first-order valence-corrected chi connectivity index (χ1v) is 9.29. The van der Waals surface area contributed by atoms with Gasteiger partial charge in [0.1, 0.15) is 0 Å². The van der Waals surface area contributed by atoms with Gasteiger partial charge in [-0.05, 0) is 51.2 Å². The van der Waals surface area contributed by atoms with Crippen LogP contribution in [-0.4, -0.2) is 35.1 Å². The highest BCUT2D eigenvalue weighted by Gasteiger charge is 2.52. The molecule has 1 saturated carbocycles. The molecule has 0 bridgehead atoms. The fraction of sp³-hybridized carbons (Fsp3) is 0.647. The van der Waals surface area contributed by atoms with E-state index in [0.717, 1.165) is 5.56 Å². The summed E-state index contributed by atoms with van der Waals surface area (Å²) in [6.45, 7) is 7.22. The lowest BCUT2D eigenvalue weighted by molar-refractivity contribution is -0.0918. The van der Waals surface area contributed by atoms with Crippen LogP contribution >= 0.6 is 0 Å². The lowest BCUT2D eigenvalue weighted by Gasteiger charge is -2.46.